The zero-order valence-corrected chi connectivity index (χ0v) is 8.69. The van der Waals surface area contributed by atoms with Crippen LogP contribution in [0, 0.1) is 11.8 Å². The van der Waals surface area contributed by atoms with E-state index in [1.807, 2.05) is 6.92 Å². The molecule has 2 saturated heterocycles. The summed E-state index contributed by atoms with van der Waals surface area (Å²) in [6.07, 6.45) is 0. The lowest BCUT2D eigenvalue weighted by molar-refractivity contribution is -0.155. The SMILES string of the molecule is CC(C)N1CC2C(=O)OC(=O)C2C1C. The van der Waals surface area contributed by atoms with Gasteiger partial charge in [-0.25, -0.2) is 0 Å². The van der Waals surface area contributed by atoms with Crippen molar-refractivity contribution in [3.63, 3.8) is 0 Å². The molecular weight excluding hydrogens is 182 g/mol. The minimum atomic E-state index is -0.338. The summed E-state index contributed by atoms with van der Waals surface area (Å²) in [4.78, 5) is 24.9. The molecule has 2 aliphatic rings. The molecule has 14 heavy (non-hydrogen) atoms. The van der Waals surface area contributed by atoms with Gasteiger partial charge >= 0.3 is 11.9 Å². The first-order valence-electron chi connectivity index (χ1n) is 5.03. The molecule has 78 valence electrons. The fourth-order valence-corrected chi connectivity index (χ4v) is 2.56. The molecule has 0 aromatic heterocycles. The van der Waals surface area contributed by atoms with Gasteiger partial charge in [-0.15, -0.1) is 0 Å². The van der Waals surface area contributed by atoms with Crippen LogP contribution in [0.5, 0.6) is 0 Å². The Bertz CT molecular complexity index is 287. The summed E-state index contributed by atoms with van der Waals surface area (Å²) >= 11 is 0. The Hall–Kier alpha value is -0.900. The zero-order valence-electron chi connectivity index (χ0n) is 8.69. The second kappa shape index (κ2) is 3.05. The van der Waals surface area contributed by atoms with Crippen LogP contribution in [0.4, 0.5) is 0 Å². The van der Waals surface area contributed by atoms with Crippen molar-refractivity contribution in [2.75, 3.05) is 6.54 Å². The second-order valence-corrected chi connectivity index (χ2v) is 4.40. The molecule has 0 aliphatic carbocycles. The first kappa shape index (κ1) is 9.65. The molecule has 4 heteroatoms. The summed E-state index contributed by atoms with van der Waals surface area (Å²) in [6, 6.07) is 0.496. The zero-order chi connectivity index (χ0) is 10.5. The summed E-state index contributed by atoms with van der Waals surface area (Å²) in [5.74, 6) is -1.13. The van der Waals surface area contributed by atoms with Crippen LogP contribution in [-0.4, -0.2) is 35.5 Å². The molecule has 0 saturated carbocycles. The topological polar surface area (TPSA) is 46.6 Å². The first-order valence-corrected chi connectivity index (χ1v) is 5.03. The van der Waals surface area contributed by atoms with Crippen LogP contribution in [0.1, 0.15) is 20.8 Å². The predicted octanol–water partition coefficient (Wildman–Crippen LogP) is 0.415. The first-order chi connectivity index (χ1) is 6.52. The summed E-state index contributed by atoms with van der Waals surface area (Å²) in [5.41, 5.74) is 0. The monoisotopic (exact) mass is 197 g/mol. The molecule has 2 rings (SSSR count). The van der Waals surface area contributed by atoms with Crippen LogP contribution in [-0.2, 0) is 14.3 Å². The molecule has 3 unspecified atom stereocenters. The van der Waals surface area contributed by atoms with Gasteiger partial charge in [0.2, 0.25) is 0 Å². The van der Waals surface area contributed by atoms with Crippen molar-refractivity contribution >= 4 is 11.9 Å². The second-order valence-electron chi connectivity index (χ2n) is 4.40. The van der Waals surface area contributed by atoms with E-state index < -0.39 is 0 Å². The maximum Gasteiger partial charge on any atom is 0.319 e. The minimum Gasteiger partial charge on any atom is -0.393 e. The Morgan fingerprint density at radius 2 is 2.00 bits per heavy atom. The van der Waals surface area contributed by atoms with E-state index in [2.05, 4.69) is 23.5 Å². The van der Waals surface area contributed by atoms with Crippen LogP contribution < -0.4 is 0 Å². The van der Waals surface area contributed by atoms with Crippen molar-refractivity contribution in [2.24, 2.45) is 11.8 Å². The lowest BCUT2D eigenvalue weighted by atomic mass is 9.94. The third kappa shape index (κ3) is 1.17. The number of carbonyl (C=O) groups is 2. The number of ether oxygens (including phenoxy) is 1. The maximum atomic E-state index is 11.4. The fraction of sp³-hybridized carbons (Fsp3) is 0.800. The van der Waals surface area contributed by atoms with Gasteiger partial charge in [0.25, 0.3) is 0 Å². The molecule has 0 N–H and O–H groups in total. The van der Waals surface area contributed by atoms with Gasteiger partial charge in [0, 0.05) is 18.6 Å². The Morgan fingerprint density at radius 1 is 1.36 bits per heavy atom. The van der Waals surface area contributed by atoms with Crippen molar-refractivity contribution < 1.29 is 14.3 Å². The van der Waals surface area contributed by atoms with Crippen LogP contribution in [0.15, 0.2) is 0 Å². The van der Waals surface area contributed by atoms with Gasteiger partial charge < -0.3 is 4.74 Å². The summed E-state index contributed by atoms with van der Waals surface area (Å²) in [5, 5.41) is 0. The number of cyclic esters (lactones) is 2. The Labute approximate surface area is 83.2 Å². The number of carbonyl (C=O) groups excluding carboxylic acids is 2. The highest BCUT2D eigenvalue weighted by atomic mass is 16.6. The number of nitrogens with zero attached hydrogens (tertiary/aromatic N) is 1. The quantitative estimate of drug-likeness (QED) is 0.451. The molecule has 3 atom stereocenters. The third-order valence-electron chi connectivity index (χ3n) is 3.32. The van der Waals surface area contributed by atoms with Gasteiger partial charge in [-0.1, -0.05) is 0 Å². The van der Waals surface area contributed by atoms with Crippen LogP contribution in [0.3, 0.4) is 0 Å². The molecule has 0 spiro atoms. The van der Waals surface area contributed by atoms with Crippen molar-refractivity contribution in [1.29, 1.82) is 0 Å². The average molecular weight is 197 g/mol. The van der Waals surface area contributed by atoms with E-state index in [-0.39, 0.29) is 29.8 Å². The Balaban J connectivity index is 2.23. The number of hydrogen-bond acceptors (Lipinski definition) is 4. The van der Waals surface area contributed by atoms with E-state index in [9.17, 15) is 9.59 Å². The summed E-state index contributed by atoms with van der Waals surface area (Å²) in [6.45, 7) is 6.80. The van der Waals surface area contributed by atoms with Gasteiger partial charge in [-0.05, 0) is 20.8 Å². The molecule has 0 bridgehead atoms. The van der Waals surface area contributed by atoms with E-state index in [1.54, 1.807) is 0 Å². The molecule has 4 nitrogen and oxygen atoms in total. The van der Waals surface area contributed by atoms with Crippen molar-refractivity contribution in [3.8, 4) is 0 Å². The standard InChI is InChI=1S/C10H15NO3/c1-5(2)11-4-7-8(6(11)3)10(13)14-9(7)12/h5-8H,4H2,1-3H3. The smallest absolute Gasteiger partial charge is 0.319 e. The number of esters is 2. The maximum absolute atomic E-state index is 11.4. The van der Waals surface area contributed by atoms with E-state index in [4.69, 9.17) is 0 Å². The Morgan fingerprint density at radius 3 is 2.50 bits per heavy atom. The lowest BCUT2D eigenvalue weighted by Gasteiger charge is -2.26. The normalized spacial score (nSPS) is 37.9. The van der Waals surface area contributed by atoms with Crippen molar-refractivity contribution in [2.45, 2.75) is 32.9 Å². The summed E-state index contributed by atoms with van der Waals surface area (Å²) in [7, 11) is 0. The van der Waals surface area contributed by atoms with Crippen LogP contribution >= 0.6 is 0 Å². The number of rotatable bonds is 1. The molecule has 2 heterocycles. The minimum absolute atomic E-state index is 0.124. The fourth-order valence-electron chi connectivity index (χ4n) is 2.56. The molecular formula is C10H15NO3. The van der Waals surface area contributed by atoms with E-state index >= 15 is 0 Å². The largest absolute Gasteiger partial charge is 0.393 e. The highest BCUT2D eigenvalue weighted by Crippen LogP contribution is 2.37. The molecule has 0 radical (unpaired) electrons. The average Bonchev–Trinajstić information content (AvgIpc) is 2.54. The highest BCUT2D eigenvalue weighted by molar-refractivity contribution is 5.97. The van der Waals surface area contributed by atoms with Gasteiger partial charge in [0.15, 0.2) is 0 Å². The van der Waals surface area contributed by atoms with Crippen molar-refractivity contribution in [1.82, 2.24) is 4.90 Å². The lowest BCUT2D eigenvalue weighted by Crippen LogP contribution is -2.37. The molecule has 0 aromatic carbocycles. The van der Waals surface area contributed by atoms with Gasteiger partial charge in [-0.3, -0.25) is 14.5 Å². The molecule has 2 aliphatic heterocycles. The number of likely N-dealkylation sites (tertiary alicyclic amines) is 1. The Kier molecular flexibility index (Phi) is 2.10. The molecule has 0 amide bonds. The molecule has 0 aromatic rings. The van der Waals surface area contributed by atoms with E-state index in [0.29, 0.717) is 12.6 Å². The van der Waals surface area contributed by atoms with Crippen LogP contribution in [0.25, 0.3) is 0 Å². The summed E-state index contributed by atoms with van der Waals surface area (Å²) < 4.78 is 4.62. The van der Waals surface area contributed by atoms with Gasteiger partial charge in [-0.2, -0.15) is 0 Å². The van der Waals surface area contributed by atoms with Gasteiger partial charge in [0.05, 0.1) is 11.8 Å². The molecule has 2 fully saturated rings. The van der Waals surface area contributed by atoms with Gasteiger partial charge in [0.1, 0.15) is 0 Å². The number of fused-ring (bicyclic) bond motifs is 1. The van der Waals surface area contributed by atoms with Crippen LogP contribution in [0.2, 0.25) is 0 Å². The predicted molar refractivity (Wildman–Crippen MR) is 49.4 cm³/mol. The van der Waals surface area contributed by atoms with Crippen molar-refractivity contribution in [3.05, 3.63) is 0 Å². The van der Waals surface area contributed by atoms with E-state index in [1.165, 1.54) is 0 Å². The third-order valence-corrected chi connectivity index (χ3v) is 3.32. The van der Waals surface area contributed by atoms with E-state index in [0.717, 1.165) is 0 Å². The highest BCUT2D eigenvalue weighted by Gasteiger charge is 2.54. The number of hydrogen-bond donors (Lipinski definition) is 0.